The maximum absolute atomic E-state index is 9.82. The van der Waals surface area contributed by atoms with Gasteiger partial charge in [0.15, 0.2) is 0 Å². The van der Waals surface area contributed by atoms with E-state index in [1.54, 1.807) is 6.07 Å². The Balaban J connectivity index is 1.33. The highest BCUT2D eigenvalue weighted by Gasteiger charge is 2.07. The summed E-state index contributed by atoms with van der Waals surface area (Å²) in [4.78, 5) is 0. The van der Waals surface area contributed by atoms with Crippen LogP contribution >= 0.6 is 0 Å². The number of aromatic nitrogens is 1. The first kappa shape index (κ1) is 31.3. The van der Waals surface area contributed by atoms with E-state index in [-0.39, 0.29) is 0 Å². The molecular formula is C34H58N2O. The monoisotopic (exact) mass is 510 g/mol. The summed E-state index contributed by atoms with van der Waals surface area (Å²) < 4.78 is 2.14. The van der Waals surface area contributed by atoms with Crippen molar-refractivity contribution in [3.63, 3.8) is 0 Å². The largest absolute Gasteiger partial charge is 0.508 e. The molecule has 2 aromatic rings. The minimum Gasteiger partial charge on any atom is -0.508 e. The molecule has 0 aliphatic rings. The van der Waals surface area contributed by atoms with Gasteiger partial charge in [-0.1, -0.05) is 129 Å². The SMILES string of the molecule is C=C(CCCCCCCCCCCCCCCCCCCCC)NCCc1cn(C)c2ccc(O)cc12. The van der Waals surface area contributed by atoms with Crippen LogP contribution in [0.5, 0.6) is 5.75 Å². The molecule has 0 amide bonds. The van der Waals surface area contributed by atoms with E-state index in [1.165, 1.54) is 133 Å². The lowest BCUT2D eigenvalue weighted by atomic mass is 10.0. The second-order valence-corrected chi connectivity index (χ2v) is 11.4. The number of nitrogens with zero attached hydrogens (tertiary/aromatic N) is 1. The average molecular weight is 511 g/mol. The number of fused-ring (bicyclic) bond motifs is 1. The summed E-state index contributed by atoms with van der Waals surface area (Å²) in [6, 6.07) is 5.62. The second-order valence-electron chi connectivity index (χ2n) is 11.4. The Labute approximate surface area is 229 Å². The van der Waals surface area contributed by atoms with Gasteiger partial charge in [0.25, 0.3) is 0 Å². The van der Waals surface area contributed by atoms with Crippen LogP contribution in [0.1, 0.15) is 141 Å². The van der Waals surface area contributed by atoms with E-state index in [9.17, 15) is 5.11 Å². The van der Waals surface area contributed by atoms with Crippen LogP contribution in [0.4, 0.5) is 0 Å². The summed E-state index contributed by atoms with van der Waals surface area (Å²) in [5, 5.41) is 14.5. The zero-order valence-corrected chi connectivity index (χ0v) is 24.5. The van der Waals surface area contributed by atoms with Crippen molar-refractivity contribution in [2.75, 3.05) is 6.54 Å². The number of phenols is 1. The molecular weight excluding hydrogens is 452 g/mol. The van der Waals surface area contributed by atoms with Gasteiger partial charge in [0, 0.05) is 36.4 Å². The van der Waals surface area contributed by atoms with Gasteiger partial charge in [-0.3, -0.25) is 0 Å². The van der Waals surface area contributed by atoms with Gasteiger partial charge in [-0.15, -0.1) is 0 Å². The quantitative estimate of drug-likeness (QED) is 0.138. The van der Waals surface area contributed by atoms with Gasteiger partial charge in [-0.25, -0.2) is 0 Å². The molecule has 0 unspecified atom stereocenters. The highest BCUT2D eigenvalue weighted by Crippen LogP contribution is 2.25. The Morgan fingerprint density at radius 2 is 1.24 bits per heavy atom. The van der Waals surface area contributed by atoms with Crippen LogP contribution in [0.3, 0.4) is 0 Å². The first-order valence-electron chi connectivity index (χ1n) is 15.8. The van der Waals surface area contributed by atoms with E-state index in [1.807, 2.05) is 12.1 Å². The Morgan fingerprint density at radius 1 is 0.757 bits per heavy atom. The van der Waals surface area contributed by atoms with Crippen molar-refractivity contribution in [1.82, 2.24) is 9.88 Å². The van der Waals surface area contributed by atoms with Crippen LogP contribution < -0.4 is 5.32 Å². The van der Waals surface area contributed by atoms with Crippen LogP contribution in [0.2, 0.25) is 0 Å². The van der Waals surface area contributed by atoms with Crippen LogP contribution in [-0.2, 0) is 13.5 Å². The third-order valence-corrected chi connectivity index (χ3v) is 7.91. The van der Waals surface area contributed by atoms with Crippen molar-refractivity contribution in [1.29, 1.82) is 0 Å². The number of benzene rings is 1. The Bertz CT molecular complexity index is 853. The molecule has 0 saturated heterocycles. The maximum atomic E-state index is 9.82. The minimum absolute atomic E-state index is 0.335. The lowest BCUT2D eigenvalue weighted by Crippen LogP contribution is -2.15. The molecule has 0 radical (unpaired) electrons. The number of unbranched alkanes of at least 4 members (excludes halogenated alkanes) is 18. The molecule has 3 heteroatoms. The van der Waals surface area contributed by atoms with Crippen molar-refractivity contribution >= 4 is 10.9 Å². The van der Waals surface area contributed by atoms with Crippen LogP contribution in [0.15, 0.2) is 36.7 Å². The van der Waals surface area contributed by atoms with Crippen LogP contribution in [0.25, 0.3) is 10.9 Å². The second kappa shape index (κ2) is 20.1. The van der Waals surface area contributed by atoms with Gasteiger partial charge in [0.05, 0.1) is 0 Å². The topological polar surface area (TPSA) is 37.2 Å². The molecule has 0 atom stereocenters. The number of hydrogen-bond acceptors (Lipinski definition) is 2. The molecule has 0 aliphatic heterocycles. The van der Waals surface area contributed by atoms with Gasteiger partial charge in [0.1, 0.15) is 5.75 Å². The number of aromatic hydroxyl groups is 1. The fourth-order valence-corrected chi connectivity index (χ4v) is 5.54. The molecule has 1 heterocycles. The Morgan fingerprint density at radius 3 is 1.76 bits per heavy atom. The Kier molecular flexibility index (Phi) is 17.0. The molecule has 0 bridgehead atoms. The number of aryl methyl sites for hydroxylation is 1. The predicted octanol–water partition coefficient (Wildman–Crippen LogP) is 10.4. The van der Waals surface area contributed by atoms with Crippen molar-refractivity contribution in [2.45, 2.75) is 142 Å². The van der Waals surface area contributed by atoms with Gasteiger partial charge < -0.3 is 15.0 Å². The van der Waals surface area contributed by atoms with E-state index >= 15 is 0 Å². The molecule has 37 heavy (non-hydrogen) atoms. The fourth-order valence-electron chi connectivity index (χ4n) is 5.54. The number of phenolic OH excluding ortho intramolecular Hbond substituents is 1. The molecule has 1 aromatic carbocycles. The van der Waals surface area contributed by atoms with Crippen molar-refractivity contribution < 1.29 is 5.11 Å². The molecule has 0 aliphatic carbocycles. The molecule has 0 fully saturated rings. The number of allylic oxidation sites excluding steroid dienone is 1. The van der Waals surface area contributed by atoms with E-state index in [4.69, 9.17) is 0 Å². The molecule has 0 saturated carbocycles. The van der Waals surface area contributed by atoms with Crippen molar-refractivity contribution in [3.8, 4) is 5.75 Å². The van der Waals surface area contributed by atoms with Gasteiger partial charge in [0.2, 0.25) is 0 Å². The van der Waals surface area contributed by atoms with E-state index in [0.29, 0.717) is 5.75 Å². The predicted molar refractivity (Wildman–Crippen MR) is 163 cm³/mol. The lowest BCUT2D eigenvalue weighted by molar-refractivity contribution is 0.476. The van der Waals surface area contributed by atoms with Crippen LogP contribution in [-0.4, -0.2) is 16.2 Å². The highest BCUT2D eigenvalue weighted by atomic mass is 16.3. The van der Waals surface area contributed by atoms with Gasteiger partial charge in [-0.05, 0) is 43.0 Å². The number of nitrogens with one attached hydrogen (secondary N) is 1. The zero-order valence-electron chi connectivity index (χ0n) is 24.5. The fraction of sp³-hybridized carbons (Fsp3) is 0.706. The van der Waals surface area contributed by atoms with Gasteiger partial charge in [-0.2, -0.15) is 0 Å². The van der Waals surface area contributed by atoms with Crippen molar-refractivity contribution in [3.05, 3.63) is 42.2 Å². The minimum atomic E-state index is 0.335. The smallest absolute Gasteiger partial charge is 0.116 e. The molecule has 2 N–H and O–H groups in total. The summed E-state index contributed by atoms with van der Waals surface area (Å²) in [5.41, 5.74) is 3.60. The highest BCUT2D eigenvalue weighted by molar-refractivity contribution is 5.85. The molecule has 2 rings (SSSR count). The molecule has 0 spiro atoms. The summed E-state index contributed by atoms with van der Waals surface area (Å²) in [5.74, 6) is 0.335. The number of rotatable bonds is 24. The maximum Gasteiger partial charge on any atom is 0.116 e. The first-order valence-corrected chi connectivity index (χ1v) is 15.8. The zero-order chi connectivity index (χ0) is 26.6. The average Bonchev–Trinajstić information content (AvgIpc) is 3.19. The van der Waals surface area contributed by atoms with E-state index in [0.717, 1.165) is 30.5 Å². The van der Waals surface area contributed by atoms with Crippen LogP contribution in [0, 0.1) is 0 Å². The lowest BCUT2D eigenvalue weighted by Gasteiger charge is -2.09. The van der Waals surface area contributed by atoms with Gasteiger partial charge >= 0.3 is 0 Å². The molecule has 210 valence electrons. The van der Waals surface area contributed by atoms with E-state index < -0.39 is 0 Å². The normalized spacial score (nSPS) is 11.4. The third-order valence-electron chi connectivity index (χ3n) is 7.91. The summed E-state index contributed by atoms with van der Waals surface area (Å²) in [6.45, 7) is 7.42. The third kappa shape index (κ3) is 14.0. The van der Waals surface area contributed by atoms with Crippen molar-refractivity contribution in [2.24, 2.45) is 7.05 Å². The van der Waals surface area contributed by atoms with E-state index in [2.05, 4.69) is 36.6 Å². The number of hydrogen-bond donors (Lipinski definition) is 2. The first-order chi connectivity index (χ1) is 18.1. The standard InChI is InChI=1S/C34H58N2O/c1-4-5-6-7-8-9-10-11-12-13-14-15-16-17-18-19-20-21-22-23-30(2)35-27-26-31-29-36(3)34-25-24-32(37)28-33(31)34/h24-25,28-29,35,37H,2,4-23,26-27H2,1,3H3. The summed E-state index contributed by atoms with van der Waals surface area (Å²) in [6.07, 6.45) is 31.2. The summed E-state index contributed by atoms with van der Waals surface area (Å²) >= 11 is 0. The molecule has 1 aromatic heterocycles. The summed E-state index contributed by atoms with van der Waals surface area (Å²) in [7, 11) is 2.06. The molecule has 3 nitrogen and oxygen atoms in total. The Hall–Kier alpha value is -1.90.